The maximum Gasteiger partial charge on any atom is 0.239 e. The SMILES string of the molecule is CS(=O)(=O)NC1CCN(C(=O)C2CCCN2)C1.Cl. The van der Waals surface area contributed by atoms with E-state index in [2.05, 4.69) is 10.0 Å². The number of likely N-dealkylation sites (tertiary alicyclic amines) is 1. The van der Waals surface area contributed by atoms with E-state index in [1.54, 1.807) is 4.90 Å². The minimum absolute atomic E-state index is 0. The van der Waals surface area contributed by atoms with E-state index in [1.165, 1.54) is 0 Å². The fourth-order valence-corrected chi connectivity index (χ4v) is 3.27. The van der Waals surface area contributed by atoms with E-state index in [4.69, 9.17) is 0 Å². The third kappa shape index (κ3) is 4.08. The van der Waals surface area contributed by atoms with E-state index in [0.29, 0.717) is 19.5 Å². The maximum absolute atomic E-state index is 12.0. The van der Waals surface area contributed by atoms with Crippen LogP contribution < -0.4 is 10.0 Å². The Balaban J connectivity index is 0.00000162. The molecule has 106 valence electrons. The molecule has 0 aromatic rings. The lowest BCUT2D eigenvalue weighted by molar-refractivity contribution is -0.132. The van der Waals surface area contributed by atoms with E-state index in [0.717, 1.165) is 25.6 Å². The zero-order valence-electron chi connectivity index (χ0n) is 10.4. The summed E-state index contributed by atoms with van der Waals surface area (Å²) in [5.74, 6) is 0.111. The van der Waals surface area contributed by atoms with Gasteiger partial charge in [0.1, 0.15) is 0 Å². The van der Waals surface area contributed by atoms with Crippen molar-refractivity contribution < 1.29 is 13.2 Å². The minimum atomic E-state index is -3.18. The number of carbonyl (C=O) groups excluding carboxylic acids is 1. The van der Waals surface area contributed by atoms with Crippen LogP contribution >= 0.6 is 12.4 Å². The summed E-state index contributed by atoms with van der Waals surface area (Å²) in [5.41, 5.74) is 0. The van der Waals surface area contributed by atoms with Crippen molar-refractivity contribution in [1.29, 1.82) is 0 Å². The number of amides is 1. The lowest BCUT2D eigenvalue weighted by Crippen LogP contribution is -2.44. The molecule has 2 aliphatic heterocycles. The van der Waals surface area contributed by atoms with Gasteiger partial charge in [-0.2, -0.15) is 0 Å². The summed E-state index contributed by atoms with van der Waals surface area (Å²) in [5, 5.41) is 3.17. The first-order valence-corrected chi connectivity index (χ1v) is 7.84. The van der Waals surface area contributed by atoms with Crippen molar-refractivity contribution in [3.63, 3.8) is 0 Å². The first-order chi connectivity index (χ1) is 7.96. The molecular formula is C10H20ClN3O3S. The van der Waals surface area contributed by atoms with Crippen molar-refractivity contribution in [2.24, 2.45) is 0 Å². The number of rotatable bonds is 3. The number of sulfonamides is 1. The second-order valence-electron chi connectivity index (χ2n) is 4.81. The highest BCUT2D eigenvalue weighted by Crippen LogP contribution is 2.15. The van der Waals surface area contributed by atoms with Crippen LogP contribution in [-0.2, 0) is 14.8 Å². The normalized spacial score (nSPS) is 28.2. The van der Waals surface area contributed by atoms with E-state index in [-0.39, 0.29) is 30.4 Å². The molecule has 0 aliphatic carbocycles. The third-order valence-electron chi connectivity index (χ3n) is 3.24. The summed E-state index contributed by atoms with van der Waals surface area (Å²) in [6.07, 6.45) is 3.77. The predicted octanol–water partition coefficient (Wildman–Crippen LogP) is -0.690. The van der Waals surface area contributed by atoms with Gasteiger partial charge in [0.05, 0.1) is 12.3 Å². The highest BCUT2D eigenvalue weighted by Gasteiger charge is 2.32. The standard InChI is InChI=1S/C10H19N3O3S.ClH/c1-17(15,16)12-8-4-6-13(7-8)10(14)9-3-2-5-11-9;/h8-9,11-12H,2-7H2,1H3;1H. The van der Waals surface area contributed by atoms with Crippen LogP contribution in [0.5, 0.6) is 0 Å². The molecule has 0 radical (unpaired) electrons. The fraction of sp³-hybridized carbons (Fsp3) is 0.900. The summed E-state index contributed by atoms with van der Waals surface area (Å²) in [6.45, 7) is 2.03. The molecule has 1 amide bonds. The van der Waals surface area contributed by atoms with Gasteiger partial charge in [0.2, 0.25) is 15.9 Å². The molecule has 0 spiro atoms. The Morgan fingerprint density at radius 2 is 2.11 bits per heavy atom. The Morgan fingerprint density at radius 1 is 1.39 bits per heavy atom. The second-order valence-corrected chi connectivity index (χ2v) is 6.59. The quantitative estimate of drug-likeness (QED) is 0.723. The molecule has 2 N–H and O–H groups in total. The highest BCUT2D eigenvalue weighted by molar-refractivity contribution is 7.88. The van der Waals surface area contributed by atoms with Crippen molar-refractivity contribution >= 4 is 28.3 Å². The fourth-order valence-electron chi connectivity index (χ4n) is 2.48. The lowest BCUT2D eigenvalue weighted by atomic mass is 10.2. The first-order valence-electron chi connectivity index (χ1n) is 5.95. The molecule has 2 rings (SSSR count). The van der Waals surface area contributed by atoms with Crippen LogP contribution in [0.25, 0.3) is 0 Å². The Kier molecular flexibility index (Phi) is 5.39. The number of hydrogen-bond acceptors (Lipinski definition) is 4. The van der Waals surface area contributed by atoms with Crippen molar-refractivity contribution in [3.8, 4) is 0 Å². The van der Waals surface area contributed by atoms with Crippen LogP contribution in [0.4, 0.5) is 0 Å². The minimum Gasteiger partial charge on any atom is -0.340 e. The molecule has 2 unspecified atom stereocenters. The predicted molar refractivity (Wildman–Crippen MR) is 71.2 cm³/mol. The Bertz CT molecular complexity index is 395. The van der Waals surface area contributed by atoms with E-state index < -0.39 is 10.0 Å². The number of nitrogens with zero attached hydrogens (tertiary/aromatic N) is 1. The number of carbonyl (C=O) groups is 1. The van der Waals surface area contributed by atoms with Gasteiger partial charge in [-0.3, -0.25) is 4.79 Å². The van der Waals surface area contributed by atoms with Gasteiger partial charge in [0, 0.05) is 19.1 Å². The topological polar surface area (TPSA) is 78.5 Å². The highest BCUT2D eigenvalue weighted by atomic mass is 35.5. The molecule has 0 saturated carbocycles. The molecule has 8 heteroatoms. The average molecular weight is 298 g/mol. The van der Waals surface area contributed by atoms with Crippen molar-refractivity contribution in [3.05, 3.63) is 0 Å². The van der Waals surface area contributed by atoms with Gasteiger partial charge >= 0.3 is 0 Å². The van der Waals surface area contributed by atoms with E-state index in [9.17, 15) is 13.2 Å². The summed E-state index contributed by atoms with van der Waals surface area (Å²) in [4.78, 5) is 13.8. The zero-order valence-corrected chi connectivity index (χ0v) is 12.0. The smallest absolute Gasteiger partial charge is 0.239 e. The monoisotopic (exact) mass is 297 g/mol. The summed E-state index contributed by atoms with van der Waals surface area (Å²) in [7, 11) is -3.18. The molecule has 2 fully saturated rings. The summed E-state index contributed by atoms with van der Waals surface area (Å²) in [6, 6.07) is -0.192. The molecule has 0 aromatic heterocycles. The van der Waals surface area contributed by atoms with Gasteiger partial charge in [-0.25, -0.2) is 13.1 Å². The van der Waals surface area contributed by atoms with Gasteiger partial charge < -0.3 is 10.2 Å². The van der Waals surface area contributed by atoms with Crippen molar-refractivity contribution in [2.75, 3.05) is 25.9 Å². The number of hydrogen-bond donors (Lipinski definition) is 2. The molecule has 2 aliphatic rings. The molecule has 18 heavy (non-hydrogen) atoms. The van der Waals surface area contributed by atoms with Crippen LogP contribution in [0, 0.1) is 0 Å². The van der Waals surface area contributed by atoms with Gasteiger partial charge in [0.25, 0.3) is 0 Å². The largest absolute Gasteiger partial charge is 0.340 e. The summed E-state index contributed by atoms with van der Waals surface area (Å²) >= 11 is 0. The molecule has 0 bridgehead atoms. The first kappa shape index (κ1) is 15.7. The Hall–Kier alpha value is -0.370. The third-order valence-corrected chi connectivity index (χ3v) is 4.00. The van der Waals surface area contributed by atoms with Crippen molar-refractivity contribution in [1.82, 2.24) is 14.9 Å². The molecule has 2 heterocycles. The van der Waals surface area contributed by atoms with E-state index in [1.807, 2.05) is 0 Å². The van der Waals surface area contributed by atoms with E-state index >= 15 is 0 Å². The van der Waals surface area contributed by atoms with Crippen LogP contribution in [0.15, 0.2) is 0 Å². The molecule has 2 atom stereocenters. The van der Waals surface area contributed by atoms with Crippen molar-refractivity contribution in [2.45, 2.75) is 31.3 Å². The van der Waals surface area contributed by atoms with Gasteiger partial charge in [0.15, 0.2) is 0 Å². The number of nitrogens with one attached hydrogen (secondary N) is 2. The van der Waals surface area contributed by atoms with Crippen LogP contribution in [0.3, 0.4) is 0 Å². The summed E-state index contributed by atoms with van der Waals surface area (Å²) < 4.78 is 24.7. The van der Waals surface area contributed by atoms with Crippen LogP contribution in [0.2, 0.25) is 0 Å². The molecule has 2 saturated heterocycles. The van der Waals surface area contributed by atoms with Gasteiger partial charge in [-0.05, 0) is 25.8 Å². The Morgan fingerprint density at radius 3 is 2.67 bits per heavy atom. The molecule has 6 nitrogen and oxygen atoms in total. The lowest BCUT2D eigenvalue weighted by Gasteiger charge is -2.20. The number of halogens is 1. The van der Waals surface area contributed by atoms with Crippen LogP contribution in [-0.4, -0.2) is 57.2 Å². The van der Waals surface area contributed by atoms with Gasteiger partial charge in [-0.15, -0.1) is 12.4 Å². The molecular weight excluding hydrogens is 278 g/mol. The second kappa shape index (κ2) is 6.18. The van der Waals surface area contributed by atoms with Crippen LogP contribution in [0.1, 0.15) is 19.3 Å². The molecule has 0 aromatic carbocycles. The Labute approximate surface area is 114 Å². The van der Waals surface area contributed by atoms with Gasteiger partial charge in [-0.1, -0.05) is 0 Å². The average Bonchev–Trinajstić information content (AvgIpc) is 2.83. The zero-order chi connectivity index (χ0) is 12.5. The maximum atomic E-state index is 12.0.